The maximum atomic E-state index is 12.9. The summed E-state index contributed by atoms with van der Waals surface area (Å²) in [6.45, 7) is 0.573. The molecule has 0 aliphatic carbocycles. The number of rotatable bonds is 2. The summed E-state index contributed by atoms with van der Waals surface area (Å²) in [6, 6.07) is 15.1. The van der Waals surface area contributed by atoms with Crippen molar-refractivity contribution in [2.45, 2.75) is 24.8 Å². The lowest BCUT2D eigenvalue weighted by molar-refractivity contribution is -0.127. The van der Waals surface area contributed by atoms with Crippen molar-refractivity contribution in [2.75, 3.05) is 11.9 Å². The summed E-state index contributed by atoms with van der Waals surface area (Å²) >= 11 is 0. The average molecular weight is 322 g/mol. The van der Waals surface area contributed by atoms with Gasteiger partial charge in [0.05, 0.1) is 18.6 Å². The molecule has 2 aromatic carbocycles. The maximum Gasteiger partial charge on any atom is 0.228 e. The maximum absolute atomic E-state index is 12.9. The Morgan fingerprint density at radius 2 is 1.83 bits per heavy atom. The van der Waals surface area contributed by atoms with E-state index in [0.717, 1.165) is 29.0 Å². The van der Waals surface area contributed by atoms with Crippen molar-refractivity contribution >= 4 is 17.5 Å². The van der Waals surface area contributed by atoms with E-state index in [1.165, 1.54) is 0 Å². The fourth-order valence-corrected chi connectivity index (χ4v) is 3.41. The first-order valence-corrected chi connectivity index (χ1v) is 8.13. The number of anilines is 1. The van der Waals surface area contributed by atoms with Gasteiger partial charge in [-0.1, -0.05) is 36.4 Å². The number of carbonyl (C=O) groups is 2. The number of fused-ring (bicyclic) bond motifs is 2. The zero-order chi connectivity index (χ0) is 16.5. The fourth-order valence-electron chi connectivity index (χ4n) is 3.41. The summed E-state index contributed by atoms with van der Waals surface area (Å²) in [5.74, 6) is 0.126. The predicted octanol–water partition coefficient (Wildman–Crippen LogP) is 2.75. The Morgan fingerprint density at radius 3 is 2.71 bits per heavy atom. The van der Waals surface area contributed by atoms with Crippen LogP contribution in [0.2, 0.25) is 0 Å². The van der Waals surface area contributed by atoms with E-state index in [9.17, 15) is 9.59 Å². The van der Waals surface area contributed by atoms with E-state index >= 15 is 0 Å². The Labute approximate surface area is 140 Å². The second-order valence-electron chi connectivity index (χ2n) is 6.13. The molecule has 0 fully saturated rings. The summed E-state index contributed by atoms with van der Waals surface area (Å²) in [7, 11) is 0. The van der Waals surface area contributed by atoms with Crippen LogP contribution in [-0.2, 0) is 9.59 Å². The fraction of sp³-hybridized carbons (Fsp3) is 0.263. The SMILES string of the molecule is O=C1C[C@H](C(=O)N[C@@H]2CCOc3ccccc32)c2ccccc2N1. The molecular formula is C19H18N2O3. The smallest absolute Gasteiger partial charge is 0.228 e. The Kier molecular flexibility index (Phi) is 3.69. The van der Waals surface area contributed by atoms with Gasteiger partial charge in [-0.05, 0) is 17.7 Å². The molecule has 5 heteroatoms. The predicted molar refractivity (Wildman–Crippen MR) is 89.9 cm³/mol. The highest BCUT2D eigenvalue weighted by molar-refractivity contribution is 6.01. The van der Waals surface area contributed by atoms with Crippen LogP contribution in [0.15, 0.2) is 48.5 Å². The van der Waals surface area contributed by atoms with Crippen LogP contribution in [0.3, 0.4) is 0 Å². The van der Waals surface area contributed by atoms with Crippen LogP contribution in [0.4, 0.5) is 5.69 Å². The van der Waals surface area contributed by atoms with E-state index < -0.39 is 5.92 Å². The Bertz CT molecular complexity index is 803. The molecule has 0 aromatic heterocycles. The van der Waals surface area contributed by atoms with Crippen LogP contribution in [0.5, 0.6) is 5.75 Å². The minimum atomic E-state index is -0.454. The molecule has 2 aliphatic rings. The van der Waals surface area contributed by atoms with Crippen molar-refractivity contribution in [2.24, 2.45) is 0 Å². The summed E-state index contributed by atoms with van der Waals surface area (Å²) in [5, 5.41) is 5.93. The van der Waals surface area contributed by atoms with Gasteiger partial charge in [-0.2, -0.15) is 0 Å². The molecule has 4 rings (SSSR count). The third kappa shape index (κ3) is 2.62. The van der Waals surface area contributed by atoms with Crippen LogP contribution in [-0.4, -0.2) is 18.4 Å². The number of para-hydroxylation sites is 2. The quantitative estimate of drug-likeness (QED) is 0.893. The van der Waals surface area contributed by atoms with Crippen molar-refractivity contribution in [1.82, 2.24) is 5.32 Å². The number of carbonyl (C=O) groups excluding carboxylic acids is 2. The van der Waals surface area contributed by atoms with E-state index in [4.69, 9.17) is 4.74 Å². The van der Waals surface area contributed by atoms with Crippen molar-refractivity contribution in [3.05, 3.63) is 59.7 Å². The minimum absolute atomic E-state index is 0.0837. The molecular weight excluding hydrogens is 304 g/mol. The van der Waals surface area contributed by atoms with Crippen molar-refractivity contribution in [1.29, 1.82) is 0 Å². The molecule has 2 N–H and O–H groups in total. The molecule has 0 bridgehead atoms. The van der Waals surface area contributed by atoms with Crippen molar-refractivity contribution in [3.8, 4) is 5.75 Å². The van der Waals surface area contributed by atoms with Crippen molar-refractivity contribution < 1.29 is 14.3 Å². The average Bonchev–Trinajstić information content (AvgIpc) is 2.61. The van der Waals surface area contributed by atoms with Gasteiger partial charge in [-0.3, -0.25) is 9.59 Å². The standard InChI is InChI=1S/C19H18N2O3/c22-18-11-14(12-5-1-3-7-15(12)20-18)19(23)21-16-9-10-24-17-8-4-2-6-13(16)17/h1-8,14,16H,9-11H2,(H,20,22)(H,21,23)/t14-,16+/m0/s1. The zero-order valence-electron chi connectivity index (χ0n) is 13.1. The normalized spacial score (nSPS) is 21.8. The van der Waals surface area contributed by atoms with Gasteiger partial charge >= 0.3 is 0 Å². The summed E-state index contributed by atoms with van der Waals surface area (Å²) in [5.41, 5.74) is 2.59. The Morgan fingerprint density at radius 1 is 1.08 bits per heavy atom. The van der Waals surface area contributed by atoms with Crippen LogP contribution in [0.25, 0.3) is 0 Å². The molecule has 0 saturated heterocycles. The Hall–Kier alpha value is -2.82. The number of hydrogen-bond acceptors (Lipinski definition) is 3. The molecule has 0 spiro atoms. The third-order valence-electron chi connectivity index (χ3n) is 4.59. The van der Waals surface area contributed by atoms with Gasteiger partial charge in [-0.25, -0.2) is 0 Å². The number of hydrogen-bond donors (Lipinski definition) is 2. The van der Waals surface area contributed by atoms with E-state index in [0.29, 0.717) is 6.61 Å². The van der Waals surface area contributed by atoms with E-state index in [-0.39, 0.29) is 24.3 Å². The number of benzene rings is 2. The van der Waals surface area contributed by atoms with Gasteiger partial charge in [0.15, 0.2) is 0 Å². The first kappa shape index (κ1) is 14.8. The van der Waals surface area contributed by atoms with Gasteiger partial charge in [0.25, 0.3) is 0 Å². The third-order valence-corrected chi connectivity index (χ3v) is 4.59. The highest BCUT2D eigenvalue weighted by atomic mass is 16.5. The summed E-state index contributed by atoms with van der Waals surface area (Å²) < 4.78 is 5.64. The van der Waals surface area contributed by atoms with Gasteiger partial charge < -0.3 is 15.4 Å². The van der Waals surface area contributed by atoms with Gasteiger partial charge in [0.1, 0.15) is 5.75 Å². The van der Waals surface area contributed by atoms with Gasteiger partial charge in [0.2, 0.25) is 11.8 Å². The number of ether oxygens (including phenoxy) is 1. The van der Waals surface area contributed by atoms with Crippen LogP contribution >= 0.6 is 0 Å². The summed E-state index contributed by atoms with van der Waals surface area (Å²) in [6.07, 6.45) is 0.900. The molecule has 2 atom stereocenters. The number of amides is 2. The molecule has 0 radical (unpaired) electrons. The van der Waals surface area contributed by atoms with Gasteiger partial charge in [-0.15, -0.1) is 0 Å². The molecule has 0 saturated carbocycles. The second kappa shape index (κ2) is 6.00. The highest BCUT2D eigenvalue weighted by Gasteiger charge is 2.32. The second-order valence-corrected chi connectivity index (χ2v) is 6.13. The first-order chi connectivity index (χ1) is 11.7. The van der Waals surface area contributed by atoms with Crippen LogP contribution < -0.4 is 15.4 Å². The highest BCUT2D eigenvalue weighted by Crippen LogP contribution is 2.35. The molecule has 122 valence electrons. The molecule has 2 heterocycles. The lowest BCUT2D eigenvalue weighted by atomic mass is 9.89. The molecule has 2 amide bonds. The largest absolute Gasteiger partial charge is 0.493 e. The van der Waals surface area contributed by atoms with Crippen LogP contribution in [0, 0.1) is 0 Å². The topological polar surface area (TPSA) is 67.4 Å². The van der Waals surface area contributed by atoms with Crippen LogP contribution in [0.1, 0.15) is 35.9 Å². The first-order valence-electron chi connectivity index (χ1n) is 8.13. The number of nitrogens with one attached hydrogen (secondary N) is 2. The lowest BCUT2D eigenvalue weighted by Gasteiger charge is -2.30. The molecule has 2 aromatic rings. The molecule has 24 heavy (non-hydrogen) atoms. The molecule has 0 unspecified atom stereocenters. The van der Waals surface area contributed by atoms with Crippen molar-refractivity contribution in [3.63, 3.8) is 0 Å². The van der Waals surface area contributed by atoms with E-state index in [2.05, 4.69) is 10.6 Å². The van der Waals surface area contributed by atoms with E-state index in [1.54, 1.807) is 0 Å². The lowest BCUT2D eigenvalue weighted by Crippen LogP contribution is -2.38. The minimum Gasteiger partial charge on any atom is -0.493 e. The summed E-state index contributed by atoms with van der Waals surface area (Å²) in [4.78, 5) is 24.8. The van der Waals surface area contributed by atoms with Gasteiger partial charge in [0, 0.05) is 24.1 Å². The Balaban J connectivity index is 1.59. The zero-order valence-corrected chi connectivity index (χ0v) is 13.1. The molecule has 2 aliphatic heterocycles. The van der Waals surface area contributed by atoms with E-state index in [1.807, 2.05) is 48.5 Å². The molecule has 5 nitrogen and oxygen atoms in total. The monoisotopic (exact) mass is 322 g/mol.